The highest BCUT2D eigenvalue weighted by Gasteiger charge is 2.38. The Bertz CT molecular complexity index is 364. The maximum atomic E-state index is 13.0. The van der Waals surface area contributed by atoms with Crippen molar-refractivity contribution in [3.8, 4) is 0 Å². The number of hydrogen-bond donors (Lipinski definition) is 1. The minimum atomic E-state index is -0.347. The van der Waals surface area contributed by atoms with Crippen LogP contribution in [0.4, 0.5) is 10.1 Å². The average Bonchev–Trinajstić information content (AvgIpc) is 2.42. The van der Waals surface area contributed by atoms with Gasteiger partial charge in [0.15, 0.2) is 0 Å². The minimum Gasteiger partial charge on any atom is -0.391 e. The van der Waals surface area contributed by atoms with Crippen molar-refractivity contribution in [1.82, 2.24) is 0 Å². The summed E-state index contributed by atoms with van der Waals surface area (Å²) >= 11 is 0. The number of β-amino-alcohol motifs (C(OH)–C–C–N with tert-alkyl or cyclic N) is 1. The van der Waals surface area contributed by atoms with Crippen LogP contribution in [0.15, 0.2) is 24.3 Å². The summed E-state index contributed by atoms with van der Waals surface area (Å²) in [5, 5.41) is 9.82. The minimum absolute atomic E-state index is 0.119. The molecular weight excluding hydrogens is 193 g/mol. The first-order valence-electron chi connectivity index (χ1n) is 5.18. The van der Waals surface area contributed by atoms with Gasteiger partial charge in [-0.05, 0) is 18.2 Å². The van der Waals surface area contributed by atoms with Gasteiger partial charge in [-0.15, -0.1) is 0 Å². The van der Waals surface area contributed by atoms with Crippen LogP contribution in [0.5, 0.6) is 0 Å². The Morgan fingerprint density at radius 3 is 2.73 bits per heavy atom. The van der Waals surface area contributed by atoms with Gasteiger partial charge in [-0.1, -0.05) is 19.9 Å². The molecule has 1 heterocycles. The highest BCUT2D eigenvalue weighted by Crippen LogP contribution is 2.32. The van der Waals surface area contributed by atoms with E-state index in [9.17, 15) is 9.50 Å². The molecule has 0 aliphatic carbocycles. The molecule has 1 aromatic carbocycles. The summed E-state index contributed by atoms with van der Waals surface area (Å²) in [7, 11) is 0. The second-order valence-electron chi connectivity index (χ2n) is 4.86. The summed E-state index contributed by atoms with van der Waals surface area (Å²) in [6, 6.07) is 6.51. The lowest BCUT2D eigenvalue weighted by Crippen LogP contribution is -2.26. The van der Waals surface area contributed by atoms with Crippen molar-refractivity contribution in [1.29, 1.82) is 0 Å². The van der Waals surface area contributed by atoms with Crippen LogP contribution in [-0.2, 0) is 0 Å². The van der Waals surface area contributed by atoms with Gasteiger partial charge in [0.1, 0.15) is 5.82 Å². The van der Waals surface area contributed by atoms with E-state index in [1.807, 2.05) is 24.8 Å². The molecule has 1 N–H and O–H groups in total. The van der Waals surface area contributed by atoms with Gasteiger partial charge >= 0.3 is 0 Å². The van der Waals surface area contributed by atoms with E-state index in [0.29, 0.717) is 6.54 Å². The summed E-state index contributed by atoms with van der Waals surface area (Å²) in [4.78, 5) is 2.02. The lowest BCUT2D eigenvalue weighted by atomic mass is 9.90. The van der Waals surface area contributed by atoms with E-state index >= 15 is 0 Å². The normalized spacial score (nSPS) is 24.5. The molecule has 1 atom stereocenters. The zero-order valence-electron chi connectivity index (χ0n) is 9.07. The molecule has 0 spiro atoms. The first kappa shape index (κ1) is 10.4. The summed E-state index contributed by atoms with van der Waals surface area (Å²) in [5.74, 6) is -0.230. The lowest BCUT2D eigenvalue weighted by molar-refractivity contribution is 0.0964. The van der Waals surface area contributed by atoms with Crippen LogP contribution >= 0.6 is 0 Å². The van der Waals surface area contributed by atoms with Crippen LogP contribution in [-0.4, -0.2) is 24.3 Å². The molecule has 0 bridgehead atoms. The van der Waals surface area contributed by atoms with Crippen molar-refractivity contribution < 1.29 is 9.50 Å². The number of nitrogens with zero attached hydrogens (tertiary/aromatic N) is 1. The first-order chi connectivity index (χ1) is 6.99. The summed E-state index contributed by atoms with van der Waals surface area (Å²) in [6.45, 7) is 5.39. The van der Waals surface area contributed by atoms with Gasteiger partial charge in [0, 0.05) is 24.2 Å². The predicted octanol–water partition coefficient (Wildman–Crippen LogP) is 2.03. The van der Waals surface area contributed by atoms with E-state index in [-0.39, 0.29) is 17.3 Å². The van der Waals surface area contributed by atoms with Gasteiger partial charge in [0.25, 0.3) is 0 Å². The molecule has 0 radical (unpaired) electrons. The number of aliphatic hydroxyl groups is 1. The molecule has 15 heavy (non-hydrogen) atoms. The average molecular weight is 209 g/mol. The Morgan fingerprint density at radius 2 is 2.20 bits per heavy atom. The predicted molar refractivity (Wildman–Crippen MR) is 58.4 cm³/mol. The monoisotopic (exact) mass is 209 g/mol. The fourth-order valence-electron chi connectivity index (χ4n) is 1.99. The van der Waals surface area contributed by atoms with Crippen LogP contribution in [0.2, 0.25) is 0 Å². The number of halogens is 1. The van der Waals surface area contributed by atoms with Gasteiger partial charge in [0.05, 0.1) is 6.10 Å². The second kappa shape index (κ2) is 3.49. The van der Waals surface area contributed by atoms with Crippen LogP contribution in [0.25, 0.3) is 0 Å². The molecular formula is C12H16FNO. The van der Waals surface area contributed by atoms with Crippen LogP contribution < -0.4 is 4.90 Å². The molecule has 0 amide bonds. The molecule has 1 aromatic rings. The fraction of sp³-hybridized carbons (Fsp3) is 0.500. The molecule has 1 fully saturated rings. The van der Waals surface area contributed by atoms with Crippen molar-refractivity contribution in [3.63, 3.8) is 0 Å². The zero-order chi connectivity index (χ0) is 11.1. The van der Waals surface area contributed by atoms with Gasteiger partial charge < -0.3 is 10.0 Å². The third kappa shape index (κ3) is 1.97. The number of rotatable bonds is 1. The molecule has 3 heteroatoms. The van der Waals surface area contributed by atoms with Crippen molar-refractivity contribution in [2.24, 2.45) is 5.41 Å². The molecule has 2 nitrogen and oxygen atoms in total. The van der Waals surface area contributed by atoms with E-state index in [1.165, 1.54) is 12.1 Å². The molecule has 0 aromatic heterocycles. The third-order valence-corrected chi connectivity index (χ3v) is 3.07. The number of aliphatic hydroxyl groups excluding tert-OH is 1. The van der Waals surface area contributed by atoms with Crippen molar-refractivity contribution in [2.45, 2.75) is 20.0 Å². The highest BCUT2D eigenvalue weighted by molar-refractivity contribution is 5.48. The summed E-state index contributed by atoms with van der Waals surface area (Å²) in [6.07, 6.45) is -0.347. The zero-order valence-corrected chi connectivity index (χ0v) is 9.07. The quantitative estimate of drug-likeness (QED) is 0.765. The van der Waals surface area contributed by atoms with E-state index < -0.39 is 0 Å². The Morgan fingerprint density at radius 1 is 1.47 bits per heavy atom. The number of anilines is 1. The summed E-state index contributed by atoms with van der Waals surface area (Å²) < 4.78 is 13.0. The molecule has 82 valence electrons. The molecule has 1 unspecified atom stereocenters. The largest absolute Gasteiger partial charge is 0.391 e. The number of benzene rings is 1. The maximum absolute atomic E-state index is 13.0. The van der Waals surface area contributed by atoms with E-state index in [2.05, 4.69) is 0 Å². The summed E-state index contributed by atoms with van der Waals surface area (Å²) in [5.41, 5.74) is 0.728. The smallest absolute Gasteiger partial charge is 0.125 e. The second-order valence-corrected chi connectivity index (χ2v) is 4.86. The lowest BCUT2D eigenvalue weighted by Gasteiger charge is -2.21. The van der Waals surface area contributed by atoms with Crippen molar-refractivity contribution in [2.75, 3.05) is 18.0 Å². The van der Waals surface area contributed by atoms with Crippen LogP contribution in [0, 0.1) is 11.2 Å². The molecule has 1 aliphatic rings. The number of hydrogen-bond acceptors (Lipinski definition) is 2. The molecule has 2 rings (SSSR count). The van der Waals surface area contributed by atoms with E-state index in [1.54, 1.807) is 6.07 Å². The maximum Gasteiger partial charge on any atom is 0.125 e. The third-order valence-electron chi connectivity index (χ3n) is 3.07. The van der Waals surface area contributed by atoms with Gasteiger partial charge in [-0.25, -0.2) is 4.39 Å². The van der Waals surface area contributed by atoms with Crippen molar-refractivity contribution in [3.05, 3.63) is 30.1 Å². The highest BCUT2D eigenvalue weighted by atomic mass is 19.1. The SMILES string of the molecule is CC1(C)CN(c2cccc(F)c2)CC1O. The van der Waals surface area contributed by atoms with Crippen LogP contribution in [0.3, 0.4) is 0 Å². The van der Waals surface area contributed by atoms with Gasteiger partial charge in [-0.3, -0.25) is 0 Å². The Kier molecular flexibility index (Phi) is 2.43. The van der Waals surface area contributed by atoms with Crippen molar-refractivity contribution >= 4 is 5.69 Å². The Balaban J connectivity index is 2.21. The van der Waals surface area contributed by atoms with E-state index in [0.717, 1.165) is 12.2 Å². The molecule has 1 saturated heterocycles. The fourth-order valence-corrected chi connectivity index (χ4v) is 1.99. The topological polar surface area (TPSA) is 23.5 Å². The molecule has 0 saturated carbocycles. The first-order valence-corrected chi connectivity index (χ1v) is 5.18. The van der Waals surface area contributed by atoms with Gasteiger partial charge in [0.2, 0.25) is 0 Å². The standard InChI is InChI=1S/C12H16FNO/c1-12(2)8-14(7-11(12)15)10-5-3-4-9(13)6-10/h3-6,11,15H,7-8H2,1-2H3. The molecule has 1 aliphatic heterocycles. The Labute approximate surface area is 89.3 Å². The van der Waals surface area contributed by atoms with Gasteiger partial charge in [-0.2, -0.15) is 0 Å². The van der Waals surface area contributed by atoms with E-state index in [4.69, 9.17) is 0 Å². The van der Waals surface area contributed by atoms with Crippen LogP contribution in [0.1, 0.15) is 13.8 Å². The Hall–Kier alpha value is -1.09.